The number of nitrogens with one attached hydrogen (secondary N) is 2. The Labute approximate surface area is 644 Å². The second kappa shape index (κ2) is 29.3. The monoisotopic (exact) mass is 1560 g/mol. The molecule has 21 aromatic rings. The summed E-state index contributed by atoms with van der Waals surface area (Å²) >= 11 is 19.7. The van der Waals surface area contributed by atoms with E-state index in [0.29, 0.717) is 33.1 Å². The zero-order chi connectivity index (χ0) is 72.6. The third-order valence-electron chi connectivity index (χ3n) is 18.8. The molecule has 0 atom stereocenters. The Morgan fingerprint density at radius 1 is 0.250 bits per heavy atom. The molecule has 0 unspecified atom stereocenters. The van der Waals surface area contributed by atoms with Gasteiger partial charge < -0.3 is 18.8 Å². The summed E-state index contributed by atoms with van der Waals surface area (Å²) in [6.45, 7) is 0. The minimum absolute atomic E-state index is 0.333. The first-order chi connectivity index (χ1) is 53.1. The standard InChI is InChI=1S/2C28H18BrN3.C20H11ClN2O.C16H9ClN2O/c29-22-10-6-9-21(17-22)18-13-15-20(16-14-18)28-31-25(19-7-2-1-3-8-19)27-26(32-28)23-11-4-5-12-24(23)30-27;29-22-16-14-21(15-17-22)28-31-25(27-26(32-28)23-8-4-5-9-24(23)30-27)20-12-10-19(11-13-20)18-6-2-1-3-7-18;21-19-18-17(15-7-3-4-8-16(15)24-18)22-20(23-19)14-10-9-12-5-1-2-6-13(12)11-14;17-15-14-13(11-8-4-5-9-12(11)20-14)18-16(19-15)10-6-2-1-3-7-10/h2*1-17,30H;1-11H;1-9H. The van der Waals surface area contributed by atoms with Gasteiger partial charge in [0.05, 0.1) is 22.4 Å². The summed E-state index contributed by atoms with van der Waals surface area (Å²) in [6.07, 6.45) is 0. The van der Waals surface area contributed by atoms with Crippen LogP contribution in [0.15, 0.2) is 345 Å². The number of nitrogens with zero attached hydrogens (tertiary/aromatic N) is 8. The summed E-state index contributed by atoms with van der Waals surface area (Å²) in [5.41, 5.74) is 22.5. The van der Waals surface area contributed by atoms with Gasteiger partial charge in [0.2, 0.25) is 0 Å². The van der Waals surface area contributed by atoms with Crippen LogP contribution in [0.1, 0.15) is 0 Å². The maximum absolute atomic E-state index is 6.36. The van der Waals surface area contributed by atoms with Crippen molar-refractivity contribution >= 4 is 154 Å². The molecule has 0 saturated carbocycles. The lowest BCUT2D eigenvalue weighted by molar-refractivity contribution is 0.665. The van der Waals surface area contributed by atoms with E-state index >= 15 is 0 Å². The fourth-order valence-electron chi connectivity index (χ4n) is 13.5. The number of hydrogen-bond donors (Lipinski definition) is 2. The van der Waals surface area contributed by atoms with Gasteiger partial charge in [-0.1, -0.05) is 316 Å². The van der Waals surface area contributed by atoms with Gasteiger partial charge in [-0.3, -0.25) is 0 Å². The molecular weight excluding hydrogens is 1510 g/mol. The van der Waals surface area contributed by atoms with Crippen molar-refractivity contribution in [2.24, 2.45) is 0 Å². The second-order valence-corrected chi connectivity index (χ2v) is 28.2. The lowest BCUT2D eigenvalue weighted by Crippen LogP contribution is -1.94. The molecule has 0 amide bonds. The van der Waals surface area contributed by atoms with Crippen LogP contribution in [0.5, 0.6) is 0 Å². The maximum atomic E-state index is 6.36. The van der Waals surface area contributed by atoms with Crippen molar-refractivity contribution in [3.8, 4) is 90.3 Å². The molecule has 0 aliphatic rings. The molecule has 13 aromatic carbocycles. The van der Waals surface area contributed by atoms with Crippen LogP contribution in [-0.4, -0.2) is 49.8 Å². The lowest BCUT2D eigenvalue weighted by atomic mass is 10.0. The molecule has 2 N–H and O–H groups in total. The summed E-state index contributed by atoms with van der Waals surface area (Å²) in [5, 5.41) is 7.10. The highest BCUT2D eigenvalue weighted by atomic mass is 79.9. The van der Waals surface area contributed by atoms with Crippen molar-refractivity contribution in [2.45, 2.75) is 0 Å². The van der Waals surface area contributed by atoms with Crippen molar-refractivity contribution in [1.82, 2.24) is 49.8 Å². The van der Waals surface area contributed by atoms with Crippen LogP contribution in [0.3, 0.4) is 0 Å². The number of aromatic amines is 2. The van der Waals surface area contributed by atoms with Crippen molar-refractivity contribution in [3.05, 3.63) is 347 Å². The van der Waals surface area contributed by atoms with Gasteiger partial charge in [-0.15, -0.1) is 0 Å². The van der Waals surface area contributed by atoms with Crippen LogP contribution in [0.25, 0.3) is 189 Å². The normalized spacial score (nSPS) is 11.3. The molecule has 0 bridgehead atoms. The van der Waals surface area contributed by atoms with Crippen LogP contribution >= 0.6 is 55.1 Å². The van der Waals surface area contributed by atoms with Crippen LogP contribution in [0, 0.1) is 0 Å². The summed E-state index contributed by atoms with van der Waals surface area (Å²) in [7, 11) is 0. The topological polar surface area (TPSA) is 161 Å². The van der Waals surface area contributed by atoms with E-state index in [1.165, 1.54) is 22.1 Å². The fraction of sp³-hybridized carbons (Fsp3) is 0. The third kappa shape index (κ3) is 13.4. The zero-order valence-corrected chi connectivity index (χ0v) is 61.8. The average Bonchev–Trinajstić information content (AvgIpc) is 1.59. The van der Waals surface area contributed by atoms with Crippen molar-refractivity contribution < 1.29 is 8.83 Å². The van der Waals surface area contributed by atoms with E-state index in [2.05, 4.69) is 202 Å². The van der Waals surface area contributed by atoms with Gasteiger partial charge in [0.1, 0.15) is 33.2 Å². The molecule has 514 valence electrons. The van der Waals surface area contributed by atoms with Gasteiger partial charge in [-0.25, -0.2) is 39.9 Å². The molecule has 0 spiro atoms. The predicted molar refractivity (Wildman–Crippen MR) is 448 cm³/mol. The van der Waals surface area contributed by atoms with E-state index in [1.54, 1.807) is 0 Å². The second-order valence-electron chi connectivity index (χ2n) is 25.6. The van der Waals surface area contributed by atoms with E-state index in [-0.39, 0.29) is 0 Å². The van der Waals surface area contributed by atoms with Crippen molar-refractivity contribution in [3.63, 3.8) is 0 Å². The van der Waals surface area contributed by atoms with Gasteiger partial charge in [-0.05, 0) is 99.8 Å². The molecule has 0 saturated heterocycles. The number of benzene rings is 13. The number of H-pyrrole nitrogens is 2. The number of rotatable bonds is 8. The highest BCUT2D eigenvalue weighted by Gasteiger charge is 2.21. The number of hydrogen-bond acceptors (Lipinski definition) is 10. The van der Waals surface area contributed by atoms with Gasteiger partial charge in [-0.2, -0.15) is 0 Å². The molecule has 0 aliphatic heterocycles. The van der Waals surface area contributed by atoms with Gasteiger partial charge in [0.25, 0.3) is 0 Å². The van der Waals surface area contributed by atoms with E-state index in [1.807, 2.05) is 182 Å². The van der Waals surface area contributed by atoms with E-state index in [0.717, 1.165) is 153 Å². The summed E-state index contributed by atoms with van der Waals surface area (Å²) in [5.74, 6) is 2.65. The number of furan rings is 2. The molecule has 108 heavy (non-hydrogen) atoms. The predicted octanol–water partition coefficient (Wildman–Crippen LogP) is 26.3. The largest absolute Gasteiger partial charge is 0.451 e. The highest BCUT2D eigenvalue weighted by molar-refractivity contribution is 9.10. The summed E-state index contributed by atoms with van der Waals surface area (Å²) in [6, 6.07) is 110. The minimum Gasteiger partial charge on any atom is -0.451 e. The van der Waals surface area contributed by atoms with E-state index < -0.39 is 0 Å². The Balaban J connectivity index is 0.000000103. The quantitative estimate of drug-likeness (QED) is 0.140. The molecular formula is C92H56Br2Cl2N10O2. The van der Waals surface area contributed by atoms with E-state index in [9.17, 15) is 0 Å². The van der Waals surface area contributed by atoms with Gasteiger partial charge in [0, 0.05) is 74.9 Å². The first kappa shape index (κ1) is 67.1. The SMILES string of the molecule is Brc1ccc(-c2nc(-c3ccc(-c4ccccc4)cc3)c3[nH]c4ccccc4c3n2)cc1.Brc1cccc(-c2ccc(-c3nc(-c4ccccc4)c4[nH]c5ccccc5c4n3)cc2)c1.Clc1nc(-c2ccc3ccccc3c2)nc2c1oc1ccccc12.Clc1nc(-c2ccccc2)nc2c1oc1ccccc12. The van der Waals surface area contributed by atoms with Gasteiger partial charge >= 0.3 is 0 Å². The third-order valence-corrected chi connectivity index (χ3v) is 20.3. The lowest BCUT2D eigenvalue weighted by Gasteiger charge is -2.08. The van der Waals surface area contributed by atoms with Crippen molar-refractivity contribution in [1.29, 1.82) is 0 Å². The number of aromatic nitrogens is 10. The Bertz CT molecular complexity index is 6920. The molecule has 8 heterocycles. The smallest absolute Gasteiger partial charge is 0.191 e. The molecule has 0 aliphatic carbocycles. The highest BCUT2D eigenvalue weighted by Crippen LogP contribution is 2.39. The number of halogens is 4. The Morgan fingerprint density at radius 3 is 1.15 bits per heavy atom. The van der Waals surface area contributed by atoms with Gasteiger partial charge in [0.15, 0.2) is 44.8 Å². The van der Waals surface area contributed by atoms with E-state index in [4.69, 9.17) is 57.0 Å². The molecule has 12 nitrogen and oxygen atoms in total. The van der Waals surface area contributed by atoms with Crippen LogP contribution < -0.4 is 0 Å². The Kier molecular flexibility index (Phi) is 18.2. The first-order valence-electron chi connectivity index (χ1n) is 34.8. The number of para-hydroxylation sites is 4. The molecule has 16 heteroatoms. The van der Waals surface area contributed by atoms with Crippen molar-refractivity contribution in [2.75, 3.05) is 0 Å². The summed E-state index contributed by atoms with van der Waals surface area (Å²) in [4.78, 5) is 45.1. The molecule has 21 rings (SSSR count). The summed E-state index contributed by atoms with van der Waals surface area (Å²) < 4.78 is 13.6. The molecule has 0 radical (unpaired) electrons. The van der Waals surface area contributed by atoms with Crippen LogP contribution in [-0.2, 0) is 0 Å². The first-order valence-corrected chi connectivity index (χ1v) is 37.1. The minimum atomic E-state index is 0.333. The fourth-order valence-corrected chi connectivity index (χ4v) is 14.6. The van der Waals surface area contributed by atoms with Crippen LogP contribution in [0.2, 0.25) is 10.3 Å². The average molecular weight is 1560 g/mol. The zero-order valence-electron chi connectivity index (χ0n) is 57.1. The Hall–Kier alpha value is -12.8. The molecule has 8 aromatic heterocycles. The maximum Gasteiger partial charge on any atom is 0.191 e. The number of fused-ring (bicyclic) bond motifs is 13. The Morgan fingerprint density at radius 2 is 0.611 bits per heavy atom. The van der Waals surface area contributed by atoms with Crippen LogP contribution in [0.4, 0.5) is 0 Å². The molecule has 0 fully saturated rings.